The van der Waals surface area contributed by atoms with Crippen molar-refractivity contribution in [3.8, 4) is 22.6 Å². The third kappa shape index (κ3) is 6.67. The molecular formula is C29H25F9O2. The SMILES string of the molecule is CCCC1CCC(c2cc(F)c(C(F)(F)Oc3ccccc3-c3cc(F)c(OC(F)(F)F)c(F)c3)c(F)c2)CC1. The fraction of sp³-hybridized carbons (Fsp3) is 0.379. The highest BCUT2D eigenvalue weighted by Gasteiger charge is 2.42. The molecule has 0 aliphatic heterocycles. The van der Waals surface area contributed by atoms with Crippen molar-refractivity contribution >= 4 is 0 Å². The number of rotatable bonds is 8. The molecule has 3 aromatic carbocycles. The van der Waals surface area contributed by atoms with Gasteiger partial charge in [0.2, 0.25) is 5.75 Å². The number of hydrogen-bond acceptors (Lipinski definition) is 2. The fourth-order valence-electron chi connectivity index (χ4n) is 5.21. The largest absolute Gasteiger partial charge is 0.573 e. The van der Waals surface area contributed by atoms with Gasteiger partial charge in [-0.1, -0.05) is 38.0 Å². The van der Waals surface area contributed by atoms with Crippen molar-refractivity contribution in [2.45, 2.75) is 63.8 Å². The summed E-state index contributed by atoms with van der Waals surface area (Å²) in [5, 5.41) is 0. The zero-order valence-electron chi connectivity index (χ0n) is 21.2. The maximum atomic E-state index is 15.2. The second kappa shape index (κ2) is 11.6. The van der Waals surface area contributed by atoms with Crippen LogP contribution in [0.2, 0.25) is 0 Å². The van der Waals surface area contributed by atoms with Gasteiger partial charge in [-0.05, 0) is 79.0 Å². The van der Waals surface area contributed by atoms with Crippen molar-refractivity contribution in [2.24, 2.45) is 5.92 Å². The Morgan fingerprint density at radius 3 is 1.88 bits per heavy atom. The van der Waals surface area contributed by atoms with Gasteiger partial charge in [-0.3, -0.25) is 0 Å². The van der Waals surface area contributed by atoms with Gasteiger partial charge >= 0.3 is 12.5 Å². The minimum Gasteiger partial charge on any atom is -0.428 e. The zero-order chi connectivity index (χ0) is 29.2. The summed E-state index contributed by atoms with van der Waals surface area (Å²) in [4.78, 5) is 0. The van der Waals surface area contributed by atoms with E-state index >= 15 is 8.78 Å². The monoisotopic (exact) mass is 576 g/mol. The maximum absolute atomic E-state index is 15.2. The molecular weight excluding hydrogens is 551 g/mol. The van der Waals surface area contributed by atoms with Crippen molar-refractivity contribution in [1.29, 1.82) is 0 Å². The second-order valence-electron chi connectivity index (χ2n) is 9.80. The highest BCUT2D eigenvalue weighted by molar-refractivity contribution is 5.71. The van der Waals surface area contributed by atoms with Gasteiger partial charge < -0.3 is 9.47 Å². The molecule has 1 fully saturated rings. The van der Waals surface area contributed by atoms with Crippen LogP contribution in [0.4, 0.5) is 39.5 Å². The first-order valence-corrected chi connectivity index (χ1v) is 12.7. The molecule has 1 aliphatic rings. The van der Waals surface area contributed by atoms with Crippen LogP contribution in [0.25, 0.3) is 11.1 Å². The van der Waals surface area contributed by atoms with Crippen LogP contribution in [0.3, 0.4) is 0 Å². The number of ether oxygens (including phenoxy) is 2. The summed E-state index contributed by atoms with van der Waals surface area (Å²) in [6.07, 6.45) is -4.72. The van der Waals surface area contributed by atoms with E-state index in [-0.39, 0.29) is 17.0 Å². The van der Waals surface area contributed by atoms with Crippen LogP contribution in [0.15, 0.2) is 48.5 Å². The van der Waals surface area contributed by atoms with Crippen LogP contribution >= 0.6 is 0 Å². The summed E-state index contributed by atoms with van der Waals surface area (Å²) < 4.78 is 134. The molecule has 2 nitrogen and oxygen atoms in total. The number of hydrogen-bond donors (Lipinski definition) is 0. The van der Waals surface area contributed by atoms with E-state index in [1.165, 1.54) is 12.1 Å². The molecule has 1 aliphatic carbocycles. The summed E-state index contributed by atoms with van der Waals surface area (Å²) in [6.45, 7) is 2.08. The van der Waals surface area contributed by atoms with E-state index in [2.05, 4.69) is 16.4 Å². The van der Waals surface area contributed by atoms with Crippen LogP contribution in [0.1, 0.15) is 62.5 Å². The number of para-hydroxylation sites is 1. The van der Waals surface area contributed by atoms with Crippen molar-refractivity contribution in [2.75, 3.05) is 0 Å². The highest BCUT2D eigenvalue weighted by atomic mass is 19.4. The molecule has 0 atom stereocenters. The summed E-state index contributed by atoms with van der Waals surface area (Å²) in [5.41, 5.74) is -2.22. The molecule has 11 heteroatoms. The second-order valence-corrected chi connectivity index (χ2v) is 9.80. The molecule has 0 saturated heterocycles. The topological polar surface area (TPSA) is 18.5 Å². The molecule has 1 saturated carbocycles. The van der Waals surface area contributed by atoms with Crippen LogP contribution in [-0.4, -0.2) is 6.36 Å². The van der Waals surface area contributed by atoms with Gasteiger partial charge in [0, 0.05) is 5.56 Å². The van der Waals surface area contributed by atoms with Gasteiger partial charge in [-0.15, -0.1) is 13.2 Å². The van der Waals surface area contributed by atoms with Crippen LogP contribution in [0, 0.1) is 29.2 Å². The van der Waals surface area contributed by atoms with Crippen LogP contribution in [0.5, 0.6) is 11.5 Å². The Bertz CT molecular complexity index is 1300. The molecule has 0 heterocycles. The van der Waals surface area contributed by atoms with E-state index in [9.17, 15) is 30.7 Å². The Kier molecular flexibility index (Phi) is 8.60. The van der Waals surface area contributed by atoms with E-state index in [1.807, 2.05) is 0 Å². The van der Waals surface area contributed by atoms with Gasteiger partial charge in [0.15, 0.2) is 11.6 Å². The Morgan fingerprint density at radius 2 is 1.32 bits per heavy atom. The molecule has 40 heavy (non-hydrogen) atoms. The lowest BCUT2D eigenvalue weighted by atomic mass is 9.77. The van der Waals surface area contributed by atoms with E-state index in [0.717, 1.165) is 49.9 Å². The minimum absolute atomic E-state index is 0.171. The first kappa shape index (κ1) is 29.6. The number of halogens is 9. The van der Waals surface area contributed by atoms with E-state index in [0.29, 0.717) is 30.9 Å². The summed E-state index contributed by atoms with van der Waals surface area (Å²) >= 11 is 0. The summed E-state index contributed by atoms with van der Waals surface area (Å²) in [7, 11) is 0. The third-order valence-corrected chi connectivity index (χ3v) is 7.02. The molecule has 3 aromatic rings. The molecule has 0 unspecified atom stereocenters. The predicted molar refractivity (Wildman–Crippen MR) is 129 cm³/mol. The lowest BCUT2D eigenvalue weighted by Crippen LogP contribution is -2.26. The van der Waals surface area contributed by atoms with E-state index < -0.39 is 58.4 Å². The number of alkyl halides is 5. The van der Waals surface area contributed by atoms with Gasteiger partial charge in [0.05, 0.1) is 0 Å². The Morgan fingerprint density at radius 1 is 0.750 bits per heavy atom. The van der Waals surface area contributed by atoms with Crippen molar-refractivity contribution < 1.29 is 49.0 Å². The van der Waals surface area contributed by atoms with Crippen molar-refractivity contribution in [3.05, 3.63) is 82.9 Å². The standard InChI is InChI=1S/C29H25F9O2/c1-2-5-16-8-10-17(11-9-16)18-12-21(30)26(22(31)13-18)28(34,35)39-25-7-4-3-6-20(25)19-14-23(32)27(24(33)15-19)40-29(36,37)38/h3-4,6-7,12-17H,2,5,8-11H2,1H3. The van der Waals surface area contributed by atoms with Gasteiger partial charge in [0.25, 0.3) is 0 Å². The fourth-order valence-corrected chi connectivity index (χ4v) is 5.21. The number of benzene rings is 3. The molecule has 4 rings (SSSR count). The molecule has 0 N–H and O–H groups in total. The molecule has 0 bridgehead atoms. The van der Waals surface area contributed by atoms with Gasteiger partial charge in [0.1, 0.15) is 22.9 Å². The van der Waals surface area contributed by atoms with Crippen molar-refractivity contribution in [1.82, 2.24) is 0 Å². The molecule has 0 radical (unpaired) electrons. The quantitative estimate of drug-likeness (QED) is 0.249. The highest BCUT2D eigenvalue weighted by Crippen LogP contribution is 2.43. The molecule has 216 valence electrons. The minimum atomic E-state index is -5.38. The van der Waals surface area contributed by atoms with E-state index in [1.54, 1.807) is 0 Å². The smallest absolute Gasteiger partial charge is 0.428 e. The molecule has 0 amide bonds. The summed E-state index contributed by atoms with van der Waals surface area (Å²) in [6, 6.07) is 7.14. The summed E-state index contributed by atoms with van der Waals surface area (Å²) in [5.74, 6) is -8.65. The molecule has 0 spiro atoms. The zero-order valence-corrected chi connectivity index (χ0v) is 21.2. The third-order valence-electron chi connectivity index (χ3n) is 7.02. The average molecular weight is 576 g/mol. The lowest BCUT2D eigenvalue weighted by molar-refractivity contribution is -0.276. The van der Waals surface area contributed by atoms with Crippen molar-refractivity contribution in [3.63, 3.8) is 0 Å². The van der Waals surface area contributed by atoms with Gasteiger partial charge in [-0.25, -0.2) is 17.6 Å². The Balaban J connectivity index is 1.61. The molecule has 0 aromatic heterocycles. The first-order chi connectivity index (χ1) is 18.8. The first-order valence-electron chi connectivity index (χ1n) is 12.7. The average Bonchev–Trinajstić information content (AvgIpc) is 2.85. The van der Waals surface area contributed by atoms with E-state index in [4.69, 9.17) is 0 Å². The van der Waals surface area contributed by atoms with Gasteiger partial charge in [-0.2, -0.15) is 8.78 Å². The normalized spacial score (nSPS) is 18.1. The lowest BCUT2D eigenvalue weighted by Gasteiger charge is -2.29. The van der Waals surface area contributed by atoms with Crippen LogP contribution < -0.4 is 9.47 Å². The predicted octanol–water partition coefficient (Wildman–Crippen LogP) is 10.0. The Hall–Kier alpha value is -3.37. The maximum Gasteiger partial charge on any atom is 0.573 e. The van der Waals surface area contributed by atoms with Crippen LogP contribution in [-0.2, 0) is 6.11 Å². The Labute approximate surface area is 224 Å².